The molecule has 1 aromatic heterocycles. The number of hydrogen-bond donors (Lipinski definition) is 0. The topological polar surface area (TPSA) is 52.1 Å². The number of carbonyl (C=O) groups excluding carboxylic acids is 1. The number of aldehydes is 1. The maximum absolute atomic E-state index is 10.5. The van der Waals surface area contributed by atoms with E-state index in [1.807, 2.05) is 0 Å². The van der Waals surface area contributed by atoms with E-state index < -0.39 is 0 Å². The van der Waals surface area contributed by atoms with E-state index in [2.05, 4.69) is 9.97 Å². The average Bonchev–Trinajstić information content (AvgIpc) is 2.39. The molecule has 0 aliphatic heterocycles. The smallest absolute Gasteiger partial charge is 0.160 e. The molecule has 0 saturated heterocycles. The first-order valence-corrected chi connectivity index (χ1v) is 5.63. The zero-order valence-corrected chi connectivity index (χ0v) is 9.48. The largest absolute Gasteiger partial charge is 0.370 e. The van der Waals surface area contributed by atoms with Gasteiger partial charge in [0, 0.05) is 19.5 Å². The molecule has 0 unspecified atom stereocenters. The Morgan fingerprint density at radius 1 is 1.25 bits per heavy atom. The summed E-state index contributed by atoms with van der Waals surface area (Å²) in [5, 5.41) is 0. The van der Waals surface area contributed by atoms with Crippen molar-refractivity contribution in [3.63, 3.8) is 0 Å². The van der Waals surface area contributed by atoms with Crippen LogP contribution in [0.2, 0.25) is 0 Å². The lowest BCUT2D eigenvalue weighted by molar-refractivity contribution is -0.0515. The number of nitrogens with zero attached hydrogens (tertiary/aromatic N) is 2. The highest BCUT2D eigenvalue weighted by Crippen LogP contribution is 2.37. The Morgan fingerprint density at radius 2 is 1.88 bits per heavy atom. The lowest BCUT2D eigenvalue weighted by Crippen LogP contribution is -2.33. The van der Waals surface area contributed by atoms with Gasteiger partial charge in [0.25, 0.3) is 0 Å². The Labute approximate surface area is 95.1 Å². The fourth-order valence-electron chi connectivity index (χ4n) is 2.28. The molecule has 1 heterocycles. The first-order chi connectivity index (χ1) is 7.80. The number of hydrogen-bond acceptors (Lipinski definition) is 4. The van der Waals surface area contributed by atoms with Crippen LogP contribution in [0.25, 0.3) is 0 Å². The number of methoxy groups -OCH3 is 1. The molecule has 86 valence electrons. The van der Waals surface area contributed by atoms with Crippen molar-refractivity contribution in [3.8, 4) is 0 Å². The molecule has 1 aliphatic carbocycles. The van der Waals surface area contributed by atoms with E-state index in [4.69, 9.17) is 4.74 Å². The van der Waals surface area contributed by atoms with E-state index in [9.17, 15) is 4.79 Å². The second kappa shape index (κ2) is 4.70. The lowest BCUT2D eigenvalue weighted by atomic mass is 9.84. The predicted octanol–water partition coefficient (Wildman–Crippen LogP) is 2.09. The Hall–Kier alpha value is -1.29. The molecule has 1 aliphatic rings. The average molecular weight is 220 g/mol. The summed E-state index contributed by atoms with van der Waals surface area (Å²) in [6.07, 6.45) is 9.34. The summed E-state index contributed by atoms with van der Waals surface area (Å²) in [7, 11) is 1.71. The SMILES string of the molecule is COC1(c2ncc(C=O)cn2)CCCCC1. The van der Waals surface area contributed by atoms with Crippen LogP contribution in [0.1, 0.15) is 48.3 Å². The molecule has 0 atom stereocenters. The molecule has 4 heteroatoms. The summed E-state index contributed by atoms with van der Waals surface area (Å²) in [6, 6.07) is 0. The van der Waals surface area contributed by atoms with Crippen molar-refractivity contribution in [2.75, 3.05) is 7.11 Å². The van der Waals surface area contributed by atoms with Crippen molar-refractivity contribution in [1.82, 2.24) is 9.97 Å². The molecular formula is C12H16N2O2. The van der Waals surface area contributed by atoms with E-state index in [0.29, 0.717) is 11.4 Å². The summed E-state index contributed by atoms with van der Waals surface area (Å²) >= 11 is 0. The molecule has 16 heavy (non-hydrogen) atoms. The van der Waals surface area contributed by atoms with E-state index in [-0.39, 0.29) is 5.60 Å². The van der Waals surface area contributed by atoms with Crippen molar-refractivity contribution in [2.45, 2.75) is 37.7 Å². The van der Waals surface area contributed by atoms with Crippen molar-refractivity contribution in [3.05, 3.63) is 23.8 Å². The number of rotatable bonds is 3. The third-order valence-electron chi connectivity index (χ3n) is 3.27. The molecule has 0 amide bonds. The van der Waals surface area contributed by atoms with Gasteiger partial charge in [-0.15, -0.1) is 0 Å². The van der Waals surface area contributed by atoms with Gasteiger partial charge in [0.05, 0.1) is 5.56 Å². The third kappa shape index (κ3) is 1.97. The fraction of sp³-hybridized carbons (Fsp3) is 0.583. The highest BCUT2D eigenvalue weighted by Gasteiger charge is 2.36. The van der Waals surface area contributed by atoms with Crippen LogP contribution in [0.4, 0.5) is 0 Å². The van der Waals surface area contributed by atoms with Gasteiger partial charge in [-0.2, -0.15) is 0 Å². The molecule has 4 nitrogen and oxygen atoms in total. The first kappa shape index (κ1) is 11.2. The first-order valence-electron chi connectivity index (χ1n) is 5.63. The van der Waals surface area contributed by atoms with E-state index in [0.717, 1.165) is 32.0 Å². The van der Waals surface area contributed by atoms with Gasteiger partial charge in [-0.3, -0.25) is 4.79 Å². The molecule has 0 bridgehead atoms. The van der Waals surface area contributed by atoms with Gasteiger partial charge < -0.3 is 4.74 Å². The van der Waals surface area contributed by atoms with Crippen LogP contribution in [-0.2, 0) is 10.3 Å². The third-order valence-corrected chi connectivity index (χ3v) is 3.27. The Morgan fingerprint density at radius 3 is 2.38 bits per heavy atom. The quantitative estimate of drug-likeness (QED) is 0.732. The molecule has 1 saturated carbocycles. The maximum atomic E-state index is 10.5. The van der Waals surface area contributed by atoms with E-state index in [1.54, 1.807) is 19.5 Å². The van der Waals surface area contributed by atoms with Gasteiger partial charge >= 0.3 is 0 Å². The molecule has 1 aromatic rings. The monoisotopic (exact) mass is 220 g/mol. The van der Waals surface area contributed by atoms with Crippen molar-refractivity contribution >= 4 is 6.29 Å². The predicted molar refractivity (Wildman–Crippen MR) is 59.2 cm³/mol. The molecule has 0 N–H and O–H groups in total. The second-order valence-electron chi connectivity index (χ2n) is 4.22. The molecule has 1 fully saturated rings. The van der Waals surface area contributed by atoms with E-state index in [1.165, 1.54) is 6.42 Å². The van der Waals surface area contributed by atoms with Crippen LogP contribution >= 0.6 is 0 Å². The Kier molecular flexibility index (Phi) is 3.29. The molecule has 0 radical (unpaired) electrons. The maximum Gasteiger partial charge on any atom is 0.160 e. The number of ether oxygens (including phenoxy) is 1. The Bertz CT molecular complexity index is 356. The number of aromatic nitrogens is 2. The van der Waals surface area contributed by atoms with Crippen LogP contribution in [-0.4, -0.2) is 23.4 Å². The highest BCUT2D eigenvalue weighted by molar-refractivity contribution is 5.73. The van der Waals surface area contributed by atoms with Gasteiger partial charge in [-0.1, -0.05) is 19.3 Å². The normalized spacial score (nSPS) is 19.3. The summed E-state index contributed by atoms with van der Waals surface area (Å²) in [5.41, 5.74) is 0.172. The highest BCUT2D eigenvalue weighted by atomic mass is 16.5. The minimum Gasteiger partial charge on any atom is -0.370 e. The molecule has 2 rings (SSSR count). The lowest BCUT2D eigenvalue weighted by Gasteiger charge is -2.34. The van der Waals surface area contributed by atoms with Gasteiger partial charge in [0.15, 0.2) is 12.1 Å². The van der Waals surface area contributed by atoms with E-state index >= 15 is 0 Å². The van der Waals surface area contributed by atoms with Crippen LogP contribution in [0.5, 0.6) is 0 Å². The zero-order chi connectivity index (χ0) is 11.4. The molecule has 0 spiro atoms. The van der Waals surface area contributed by atoms with Crippen LogP contribution < -0.4 is 0 Å². The fourth-order valence-corrected chi connectivity index (χ4v) is 2.28. The summed E-state index contributed by atoms with van der Waals surface area (Å²) in [5.74, 6) is 0.709. The van der Waals surface area contributed by atoms with Gasteiger partial charge in [-0.25, -0.2) is 9.97 Å². The minimum atomic E-state index is -0.334. The minimum absolute atomic E-state index is 0.334. The number of carbonyl (C=O) groups is 1. The van der Waals surface area contributed by atoms with Gasteiger partial charge in [-0.05, 0) is 12.8 Å². The van der Waals surface area contributed by atoms with Gasteiger partial charge in [0.2, 0.25) is 0 Å². The van der Waals surface area contributed by atoms with Crippen LogP contribution in [0.15, 0.2) is 12.4 Å². The van der Waals surface area contributed by atoms with Crippen LogP contribution in [0, 0.1) is 0 Å². The van der Waals surface area contributed by atoms with Crippen molar-refractivity contribution in [2.24, 2.45) is 0 Å². The second-order valence-corrected chi connectivity index (χ2v) is 4.22. The molecule has 0 aromatic carbocycles. The summed E-state index contributed by atoms with van der Waals surface area (Å²) < 4.78 is 5.62. The zero-order valence-electron chi connectivity index (χ0n) is 9.48. The van der Waals surface area contributed by atoms with Gasteiger partial charge in [0.1, 0.15) is 5.60 Å². The van der Waals surface area contributed by atoms with Crippen LogP contribution in [0.3, 0.4) is 0 Å². The standard InChI is InChI=1S/C12H16N2O2/c1-16-12(5-3-2-4-6-12)11-13-7-10(9-15)8-14-11/h7-9H,2-6H2,1H3. The molecular weight excluding hydrogens is 204 g/mol. The Balaban J connectivity index is 2.28. The van der Waals surface area contributed by atoms with Crippen molar-refractivity contribution < 1.29 is 9.53 Å². The summed E-state index contributed by atoms with van der Waals surface area (Å²) in [4.78, 5) is 19.0. The van der Waals surface area contributed by atoms with Crippen molar-refractivity contribution in [1.29, 1.82) is 0 Å². The summed E-state index contributed by atoms with van der Waals surface area (Å²) in [6.45, 7) is 0.